The number of rotatable bonds is 3. The van der Waals surface area contributed by atoms with E-state index in [2.05, 4.69) is 10.3 Å². The highest BCUT2D eigenvalue weighted by atomic mass is 19.1. The van der Waals surface area contributed by atoms with Crippen LogP contribution in [-0.2, 0) is 0 Å². The van der Waals surface area contributed by atoms with Gasteiger partial charge < -0.3 is 10.3 Å². The van der Waals surface area contributed by atoms with E-state index < -0.39 is 0 Å². The van der Waals surface area contributed by atoms with E-state index in [1.165, 1.54) is 24.4 Å². The van der Waals surface area contributed by atoms with Crippen LogP contribution in [0.3, 0.4) is 0 Å². The first-order valence-electron chi connectivity index (χ1n) is 7.78. The van der Waals surface area contributed by atoms with Gasteiger partial charge in [0.25, 0.3) is 5.91 Å². The number of benzene rings is 1. The predicted octanol–water partition coefficient (Wildman–Crippen LogP) is 2.89. The third kappa shape index (κ3) is 3.50. The third-order valence-electron chi connectivity index (χ3n) is 4.41. The molecule has 3 rings (SSSR count). The first-order valence-corrected chi connectivity index (χ1v) is 7.78. The molecule has 0 saturated heterocycles. The van der Waals surface area contributed by atoms with Crippen LogP contribution in [0.5, 0.6) is 0 Å². The Morgan fingerprint density at radius 3 is 2.70 bits per heavy atom. The molecule has 1 heterocycles. The summed E-state index contributed by atoms with van der Waals surface area (Å²) < 4.78 is 13.0. The van der Waals surface area contributed by atoms with E-state index in [9.17, 15) is 14.0 Å². The molecule has 2 N–H and O–H groups in total. The van der Waals surface area contributed by atoms with Gasteiger partial charge in [0.05, 0.1) is 0 Å². The van der Waals surface area contributed by atoms with Gasteiger partial charge in [-0.3, -0.25) is 9.59 Å². The van der Waals surface area contributed by atoms with Crippen molar-refractivity contribution in [1.82, 2.24) is 10.3 Å². The van der Waals surface area contributed by atoms with Crippen molar-refractivity contribution < 1.29 is 9.18 Å². The average molecular weight is 314 g/mol. The SMILES string of the molecule is Cc1cc(=O)c(C(=O)NC2CCC(c3ccc(F)cc3)C2)c[nH]1. The highest BCUT2D eigenvalue weighted by Crippen LogP contribution is 2.34. The minimum Gasteiger partial charge on any atom is -0.364 e. The maximum Gasteiger partial charge on any atom is 0.256 e. The van der Waals surface area contributed by atoms with Crippen LogP contribution in [0.25, 0.3) is 0 Å². The van der Waals surface area contributed by atoms with E-state index >= 15 is 0 Å². The van der Waals surface area contributed by atoms with E-state index in [-0.39, 0.29) is 28.8 Å². The van der Waals surface area contributed by atoms with Crippen molar-refractivity contribution in [2.75, 3.05) is 0 Å². The first-order chi connectivity index (χ1) is 11.0. The highest BCUT2D eigenvalue weighted by Gasteiger charge is 2.27. The van der Waals surface area contributed by atoms with Gasteiger partial charge in [-0.1, -0.05) is 12.1 Å². The zero-order valence-corrected chi connectivity index (χ0v) is 12.9. The molecule has 0 radical (unpaired) electrons. The minimum absolute atomic E-state index is 0.0401. The largest absolute Gasteiger partial charge is 0.364 e. The molecule has 2 unspecified atom stereocenters. The Kier molecular flexibility index (Phi) is 4.28. The average Bonchev–Trinajstić information content (AvgIpc) is 2.96. The van der Waals surface area contributed by atoms with Crippen molar-refractivity contribution in [1.29, 1.82) is 0 Å². The minimum atomic E-state index is -0.337. The van der Waals surface area contributed by atoms with Crippen LogP contribution in [0, 0.1) is 12.7 Å². The third-order valence-corrected chi connectivity index (χ3v) is 4.41. The van der Waals surface area contributed by atoms with E-state index in [0.29, 0.717) is 5.92 Å². The van der Waals surface area contributed by atoms with Crippen LogP contribution in [0.4, 0.5) is 4.39 Å². The molecule has 1 amide bonds. The zero-order valence-electron chi connectivity index (χ0n) is 12.9. The van der Waals surface area contributed by atoms with Crippen LogP contribution in [-0.4, -0.2) is 16.9 Å². The normalized spacial score (nSPS) is 20.4. The van der Waals surface area contributed by atoms with Crippen molar-refractivity contribution in [2.24, 2.45) is 0 Å². The second-order valence-corrected chi connectivity index (χ2v) is 6.13. The Bertz CT molecular complexity index is 767. The Labute approximate surface area is 133 Å². The topological polar surface area (TPSA) is 62.0 Å². The fourth-order valence-corrected chi connectivity index (χ4v) is 3.16. The molecule has 23 heavy (non-hydrogen) atoms. The number of aryl methyl sites for hydroxylation is 1. The summed E-state index contributed by atoms with van der Waals surface area (Å²) in [6.07, 6.45) is 4.07. The maximum atomic E-state index is 13.0. The van der Waals surface area contributed by atoms with Gasteiger partial charge in [0.2, 0.25) is 0 Å². The molecule has 2 aromatic rings. The monoisotopic (exact) mass is 314 g/mol. The molecule has 0 bridgehead atoms. The number of carbonyl (C=O) groups excluding carboxylic acids is 1. The van der Waals surface area contributed by atoms with Crippen molar-refractivity contribution in [3.8, 4) is 0 Å². The highest BCUT2D eigenvalue weighted by molar-refractivity contribution is 5.94. The molecule has 0 spiro atoms. The smallest absolute Gasteiger partial charge is 0.256 e. The summed E-state index contributed by atoms with van der Waals surface area (Å²) in [5.41, 5.74) is 1.69. The van der Waals surface area contributed by atoms with Gasteiger partial charge in [-0.25, -0.2) is 4.39 Å². The van der Waals surface area contributed by atoms with E-state index in [4.69, 9.17) is 0 Å². The van der Waals surface area contributed by atoms with Crippen LogP contribution < -0.4 is 10.7 Å². The first kappa shape index (κ1) is 15.5. The molecule has 4 nitrogen and oxygen atoms in total. The number of hydrogen-bond donors (Lipinski definition) is 2. The van der Waals surface area contributed by atoms with E-state index in [1.807, 2.05) is 0 Å². The number of amides is 1. The zero-order chi connectivity index (χ0) is 16.4. The van der Waals surface area contributed by atoms with Crippen molar-refractivity contribution >= 4 is 5.91 Å². The van der Waals surface area contributed by atoms with Crippen LogP contribution in [0.15, 0.2) is 41.3 Å². The van der Waals surface area contributed by atoms with Gasteiger partial charge in [0.15, 0.2) is 5.43 Å². The summed E-state index contributed by atoms with van der Waals surface area (Å²) in [5, 5.41) is 2.93. The Balaban J connectivity index is 1.64. The summed E-state index contributed by atoms with van der Waals surface area (Å²) in [6, 6.07) is 7.99. The molecule has 120 valence electrons. The molecule has 1 aromatic heterocycles. The molecule has 1 aliphatic carbocycles. The molecule has 1 fully saturated rings. The number of hydrogen-bond acceptors (Lipinski definition) is 2. The number of pyridine rings is 1. The molecule has 5 heteroatoms. The second kappa shape index (κ2) is 6.36. The summed E-state index contributed by atoms with van der Waals surface area (Å²) in [6.45, 7) is 1.77. The predicted molar refractivity (Wildman–Crippen MR) is 86.0 cm³/mol. The van der Waals surface area contributed by atoms with Crippen molar-refractivity contribution in [3.63, 3.8) is 0 Å². The number of carbonyl (C=O) groups is 1. The van der Waals surface area contributed by atoms with Crippen molar-refractivity contribution in [2.45, 2.75) is 38.1 Å². The quantitative estimate of drug-likeness (QED) is 0.915. The summed E-state index contributed by atoms with van der Waals surface area (Å²) in [4.78, 5) is 27.0. The second-order valence-electron chi connectivity index (χ2n) is 6.13. The summed E-state index contributed by atoms with van der Waals surface area (Å²) >= 11 is 0. The van der Waals surface area contributed by atoms with Gasteiger partial charge >= 0.3 is 0 Å². The number of aromatic nitrogens is 1. The lowest BCUT2D eigenvalue weighted by Gasteiger charge is -2.13. The molecular formula is C18H19FN2O2. The fourth-order valence-electron chi connectivity index (χ4n) is 3.16. The van der Waals surface area contributed by atoms with E-state index in [1.54, 1.807) is 19.1 Å². The Hall–Kier alpha value is -2.43. The number of nitrogens with one attached hydrogen (secondary N) is 2. The lowest BCUT2D eigenvalue weighted by Crippen LogP contribution is -2.35. The van der Waals surface area contributed by atoms with E-state index in [0.717, 1.165) is 30.5 Å². The van der Waals surface area contributed by atoms with Gasteiger partial charge in [-0.05, 0) is 49.8 Å². The fraction of sp³-hybridized carbons (Fsp3) is 0.333. The van der Waals surface area contributed by atoms with Crippen LogP contribution in [0.1, 0.15) is 46.8 Å². The van der Waals surface area contributed by atoms with Crippen LogP contribution >= 0.6 is 0 Å². The molecule has 1 saturated carbocycles. The summed E-state index contributed by atoms with van der Waals surface area (Å²) in [7, 11) is 0. The molecule has 0 aliphatic heterocycles. The molecule has 1 aromatic carbocycles. The number of halogens is 1. The lowest BCUT2D eigenvalue weighted by molar-refractivity contribution is 0.0936. The Morgan fingerprint density at radius 2 is 2.00 bits per heavy atom. The number of aromatic amines is 1. The van der Waals surface area contributed by atoms with Gasteiger partial charge in [-0.15, -0.1) is 0 Å². The molecular weight excluding hydrogens is 295 g/mol. The van der Waals surface area contributed by atoms with Gasteiger partial charge in [-0.2, -0.15) is 0 Å². The Morgan fingerprint density at radius 1 is 1.26 bits per heavy atom. The standard InChI is InChI=1S/C18H19FN2O2/c1-11-8-17(22)16(10-20-11)18(23)21-15-7-4-13(9-15)12-2-5-14(19)6-3-12/h2-3,5-6,8,10,13,15H,4,7,9H2,1H3,(H,20,22)(H,21,23). The van der Waals surface area contributed by atoms with Gasteiger partial charge in [0.1, 0.15) is 11.4 Å². The molecule has 1 aliphatic rings. The van der Waals surface area contributed by atoms with Crippen molar-refractivity contribution in [3.05, 3.63) is 69.4 Å². The van der Waals surface area contributed by atoms with Crippen LogP contribution in [0.2, 0.25) is 0 Å². The van der Waals surface area contributed by atoms with Gasteiger partial charge in [0, 0.05) is 24.0 Å². The maximum absolute atomic E-state index is 13.0. The molecule has 2 atom stereocenters. The number of H-pyrrole nitrogens is 1. The summed E-state index contributed by atoms with van der Waals surface area (Å²) in [5.74, 6) is -0.261. The lowest BCUT2D eigenvalue weighted by atomic mass is 9.97.